The van der Waals surface area contributed by atoms with E-state index in [-0.39, 0.29) is 6.03 Å². The number of amides is 2. The lowest BCUT2D eigenvalue weighted by molar-refractivity contribution is 0.00375. The second-order valence-electron chi connectivity index (χ2n) is 4.81. The Balaban J connectivity index is 1.85. The first-order valence-electron chi connectivity index (χ1n) is 5.30. The summed E-state index contributed by atoms with van der Waals surface area (Å²) in [5, 5.41) is 3.41. The van der Waals surface area contributed by atoms with Gasteiger partial charge in [-0.2, -0.15) is 0 Å². The Kier molecular flexibility index (Phi) is 2.39. The summed E-state index contributed by atoms with van der Waals surface area (Å²) in [6.45, 7) is 4.11. The number of likely N-dealkylation sites (tertiary alicyclic amines) is 1. The van der Waals surface area contributed by atoms with Crippen LogP contribution in [0.3, 0.4) is 0 Å². The predicted octanol–water partition coefficient (Wildman–Crippen LogP) is 0.353. The molecule has 2 aliphatic heterocycles. The van der Waals surface area contributed by atoms with Gasteiger partial charge in [0.15, 0.2) is 0 Å². The topological polar surface area (TPSA) is 35.6 Å². The fourth-order valence-corrected chi connectivity index (χ4v) is 2.48. The monoisotopic (exact) mass is 197 g/mol. The van der Waals surface area contributed by atoms with Gasteiger partial charge >= 0.3 is 6.03 Å². The molecule has 2 amide bonds. The molecule has 2 heterocycles. The van der Waals surface area contributed by atoms with E-state index < -0.39 is 0 Å². The molecule has 80 valence electrons. The molecule has 0 aromatic heterocycles. The van der Waals surface area contributed by atoms with Crippen LogP contribution in [0.4, 0.5) is 4.79 Å². The molecule has 1 N–H and O–H groups in total. The fourth-order valence-electron chi connectivity index (χ4n) is 2.48. The van der Waals surface area contributed by atoms with Gasteiger partial charge in [0, 0.05) is 39.1 Å². The molecule has 0 aromatic carbocycles. The maximum Gasteiger partial charge on any atom is 0.319 e. The molecule has 2 rings (SSSR count). The van der Waals surface area contributed by atoms with Gasteiger partial charge in [0.1, 0.15) is 0 Å². The second-order valence-corrected chi connectivity index (χ2v) is 4.81. The van der Waals surface area contributed by atoms with E-state index in [0.717, 1.165) is 26.2 Å². The van der Waals surface area contributed by atoms with E-state index in [9.17, 15) is 4.79 Å². The van der Waals surface area contributed by atoms with Crippen molar-refractivity contribution >= 4 is 6.03 Å². The average Bonchev–Trinajstić information content (AvgIpc) is 2.14. The van der Waals surface area contributed by atoms with Gasteiger partial charge in [-0.15, -0.1) is 0 Å². The maximum absolute atomic E-state index is 11.6. The minimum Gasteiger partial charge on any atom is -0.331 e. The van der Waals surface area contributed by atoms with Gasteiger partial charge in [-0.05, 0) is 19.4 Å². The summed E-state index contributed by atoms with van der Waals surface area (Å²) in [5.74, 6) is 0. The molecule has 1 spiro atoms. The number of nitrogens with one attached hydrogen (secondary N) is 1. The Hall–Kier alpha value is -0.770. The van der Waals surface area contributed by atoms with Crippen molar-refractivity contribution in [3.8, 4) is 0 Å². The van der Waals surface area contributed by atoms with Crippen molar-refractivity contribution in [1.82, 2.24) is 15.1 Å². The highest BCUT2D eigenvalue weighted by molar-refractivity contribution is 5.75. The molecule has 0 unspecified atom stereocenters. The van der Waals surface area contributed by atoms with E-state index in [0.29, 0.717) is 5.41 Å². The van der Waals surface area contributed by atoms with Crippen molar-refractivity contribution in [2.45, 2.75) is 12.8 Å². The van der Waals surface area contributed by atoms with Gasteiger partial charge < -0.3 is 15.1 Å². The van der Waals surface area contributed by atoms with Crippen molar-refractivity contribution in [1.29, 1.82) is 0 Å². The number of rotatable bonds is 0. The van der Waals surface area contributed by atoms with Crippen LogP contribution >= 0.6 is 0 Å². The Labute approximate surface area is 85.2 Å². The summed E-state index contributed by atoms with van der Waals surface area (Å²) < 4.78 is 0. The van der Waals surface area contributed by atoms with Crippen LogP contribution in [0.1, 0.15) is 12.8 Å². The highest BCUT2D eigenvalue weighted by Gasteiger charge is 2.45. The molecule has 0 bridgehead atoms. The van der Waals surface area contributed by atoms with Crippen LogP contribution in [-0.4, -0.2) is 56.1 Å². The first-order chi connectivity index (χ1) is 6.63. The third-order valence-corrected chi connectivity index (χ3v) is 3.27. The summed E-state index contributed by atoms with van der Waals surface area (Å²) >= 11 is 0. The molecular weight excluding hydrogens is 178 g/mol. The van der Waals surface area contributed by atoms with E-state index in [1.165, 1.54) is 12.8 Å². The highest BCUT2D eigenvalue weighted by atomic mass is 16.2. The van der Waals surface area contributed by atoms with Crippen molar-refractivity contribution in [3.05, 3.63) is 0 Å². The van der Waals surface area contributed by atoms with Crippen molar-refractivity contribution in [2.24, 2.45) is 5.41 Å². The molecule has 0 saturated carbocycles. The molecule has 14 heavy (non-hydrogen) atoms. The smallest absolute Gasteiger partial charge is 0.319 e. The van der Waals surface area contributed by atoms with Crippen molar-refractivity contribution in [3.63, 3.8) is 0 Å². The van der Waals surface area contributed by atoms with E-state index in [2.05, 4.69) is 5.32 Å². The lowest BCUT2D eigenvalue weighted by Gasteiger charge is -2.52. The van der Waals surface area contributed by atoms with Crippen LogP contribution in [0.2, 0.25) is 0 Å². The van der Waals surface area contributed by atoms with Crippen LogP contribution in [0, 0.1) is 5.41 Å². The number of carbonyl (C=O) groups excluding carboxylic acids is 1. The first kappa shape index (κ1) is 9.77. The molecule has 2 aliphatic rings. The number of urea groups is 1. The lowest BCUT2D eigenvalue weighted by Crippen LogP contribution is -2.65. The van der Waals surface area contributed by atoms with E-state index in [1.54, 1.807) is 4.90 Å². The van der Waals surface area contributed by atoms with E-state index >= 15 is 0 Å². The van der Waals surface area contributed by atoms with Crippen molar-refractivity contribution < 1.29 is 4.79 Å². The third-order valence-electron chi connectivity index (χ3n) is 3.27. The third kappa shape index (κ3) is 1.59. The zero-order chi connectivity index (χ0) is 10.2. The second kappa shape index (κ2) is 3.42. The zero-order valence-corrected chi connectivity index (χ0v) is 9.05. The summed E-state index contributed by atoms with van der Waals surface area (Å²) in [5.41, 5.74) is 0.407. The quantitative estimate of drug-likeness (QED) is 0.608. The van der Waals surface area contributed by atoms with Crippen LogP contribution in [0.5, 0.6) is 0 Å². The summed E-state index contributed by atoms with van der Waals surface area (Å²) in [7, 11) is 3.62. The number of hydrogen-bond acceptors (Lipinski definition) is 2. The number of carbonyl (C=O) groups is 1. The fraction of sp³-hybridized carbons (Fsp3) is 0.900. The summed E-state index contributed by atoms with van der Waals surface area (Å²) in [6, 6.07) is 0.154. The Morgan fingerprint density at radius 1 is 1.43 bits per heavy atom. The SMILES string of the molecule is CN(C)C(=O)N1CC2(CCCNC2)C1. The molecule has 4 heteroatoms. The van der Waals surface area contributed by atoms with Gasteiger partial charge in [-0.1, -0.05) is 0 Å². The van der Waals surface area contributed by atoms with E-state index in [4.69, 9.17) is 0 Å². The summed E-state index contributed by atoms with van der Waals surface area (Å²) in [6.07, 6.45) is 2.53. The highest BCUT2D eigenvalue weighted by Crippen LogP contribution is 2.36. The summed E-state index contributed by atoms with van der Waals surface area (Å²) in [4.78, 5) is 15.2. The molecule has 0 aliphatic carbocycles. The lowest BCUT2D eigenvalue weighted by atomic mass is 9.74. The minimum absolute atomic E-state index is 0.154. The van der Waals surface area contributed by atoms with Crippen molar-refractivity contribution in [2.75, 3.05) is 40.3 Å². The van der Waals surface area contributed by atoms with Gasteiger partial charge in [0.2, 0.25) is 0 Å². The normalized spacial score (nSPS) is 24.6. The van der Waals surface area contributed by atoms with Gasteiger partial charge in [-0.3, -0.25) is 0 Å². The minimum atomic E-state index is 0.154. The van der Waals surface area contributed by atoms with Crippen LogP contribution in [-0.2, 0) is 0 Å². The van der Waals surface area contributed by atoms with Crippen LogP contribution in [0.25, 0.3) is 0 Å². The Morgan fingerprint density at radius 3 is 2.64 bits per heavy atom. The predicted molar refractivity (Wildman–Crippen MR) is 55.2 cm³/mol. The Bertz CT molecular complexity index is 226. The van der Waals surface area contributed by atoms with E-state index in [1.807, 2.05) is 19.0 Å². The van der Waals surface area contributed by atoms with Gasteiger partial charge in [0.05, 0.1) is 0 Å². The maximum atomic E-state index is 11.6. The number of piperidine rings is 1. The number of hydrogen-bond donors (Lipinski definition) is 1. The molecule has 4 nitrogen and oxygen atoms in total. The van der Waals surface area contributed by atoms with Crippen LogP contribution < -0.4 is 5.32 Å². The molecule has 2 saturated heterocycles. The number of nitrogens with zero attached hydrogens (tertiary/aromatic N) is 2. The Morgan fingerprint density at radius 2 is 2.14 bits per heavy atom. The zero-order valence-electron chi connectivity index (χ0n) is 9.05. The van der Waals surface area contributed by atoms with Crippen LogP contribution in [0.15, 0.2) is 0 Å². The molecule has 0 radical (unpaired) electrons. The molecule has 0 aromatic rings. The standard InChI is InChI=1S/C10H19N3O/c1-12(2)9(14)13-7-10(8-13)4-3-5-11-6-10/h11H,3-8H2,1-2H3. The van der Waals surface area contributed by atoms with Gasteiger partial charge in [0.25, 0.3) is 0 Å². The average molecular weight is 197 g/mol. The molecule has 2 fully saturated rings. The molecule has 0 atom stereocenters. The van der Waals surface area contributed by atoms with Gasteiger partial charge in [-0.25, -0.2) is 4.79 Å². The largest absolute Gasteiger partial charge is 0.331 e. The first-order valence-corrected chi connectivity index (χ1v) is 5.30. The molecular formula is C10H19N3O.